The molecule has 3 rings (SSSR count). The Balaban J connectivity index is 1.62. The van der Waals surface area contributed by atoms with E-state index in [0.717, 1.165) is 29.4 Å². The molecule has 0 saturated heterocycles. The summed E-state index contributed by atoms with van der Waals surface area (Å²) in [5.41, 5.74) is 3.59. The van der Waals surface area contributed by atoms with Crippen LogP contribution in [0.3, 0.4) is 0 Å². The number of hydrogen-bond acceptors (Lipinski definition) is 2. The van der Waals surface area contributed by atoms with Gasteiger partial charge in [-0.05, 0) is 48.4 Å². The number of fused-ring (bicyclic) bond motifs is 1. The van der Waals surface area contributed by atoms with Crippen LogP contribution in [-0.4, -0.2) is 12.6 Å². The number of anilines is 1. The largest absolute Gasteiger partial charge is 0.488 e. The quantitative estimate of drug-likeness (QED) is 0.910. The van der Waals surface area contributed by atoms with Crippen molar-refractivity contribution >= 4 is 17.3 Å². The van der Waals surface area contributed by atoms with Gasteiger partial charge in [-0.2, -0.15) is 0 Å². The van der Waals surface area contributed by atoms with E-state index in [9.17, 15) is 0 Å². The van der Waals surface area contributed by atoms with Gasteiger partial charge in [-0.15, -0.1) is 0 Å². The Morgan fingerprint density at radius 1 is 1.26 bits per heavy atom. The third-order valence-corrected chi connectivity index (χ3v) is 3.55. The summed E-state index contributed by atoms with van der Waals surface area (Å²) in [5, 5.41) is 4.19. The molecule has 19 heavy (non-hydrogen) atoms. The highest BCUT2D eigenvalue weighted by molar-refractivity contribution is 6.30. The van der Waals surface area contributed by atoms with Crippen molar-refractivity contribution < 1.29 is 4.74 Å². The summed E-state index contributed by atoms with van der Waals surface area (Å²) in [4.78, 5) is 0. The van der Waals surface area contributed by atoms with Crippen molar-refractivity contribution in [1.29, 1.82) is 0 Å². The minimum Gasteiger partial charge on any atom is -0.488 e. The van der Waals surface area contributed by atoms with Crippen molar-refractivity contribution in [3.05, 3.63) is 58.6 Å². The molecule has 1 aliphatic rings. The van der Waals surface area contributed by atoms with Crippen LogP contribution < -0.4 is 10.1 Å². The fourth-order valence-corrected chi connectivity index (χ4v) is 2.58. The van der Waals surface area contributed by atoms with E-state index in [1.807, 2.05) is 18.2 Å². The molecule has 2 aromatic carbocycles. The average Bonchev–Trinajstić information content (AvgIpc) is 2.78. The molecule has 98 valence electrons. The topological polar surface area (TPSA) is 21.3 Å². The zero-order valence-electron chi connectivity index (χ0n) is 10.8. The molecule has 2 nitrogen and oxygen atoms in total. The second kappa shape index (κ2) is 5.14. The van der Waals surface area contributed by atoms with Crippen molar-refractivity contribution in [3.8, 4) is 5.75 Å². The van der Waals surface area contributed by atoms with Gasteiger partial charge in [-0.1, -0.05) is 23.7 Å². The first-order valence-electron chi connectivity index (χ1n) is 6.46. The molecule has 0 spiro atoms. The van der Waals surface area contributed by atoms with Crippen LogP contribution in [0.25, 0.3) is 0 Å². The summed E-state index contributed by atoms with van der Waals surface area (Å²) in [7, 11) is 0. The van der Waals surface area contributed by atoms with Gasteiger partial charge in [0, 0.05) is 17.1 Å². The van der Waals surface area contributed by atoms with Crippen LogP contribution in [0.1, 0.15) is 11.1 Å². The first kappa shape index (κ1) is 12.4. The fraction of sp³-hybridized carbons (Fsp3) is 0.250. The predicted molar refractivity (Wildman–Crippen MR) is 79.2 cm³/mol. The lowest BCUT2D eigenvalue weighted by molar-refractivity contribution is 0.246. The van der Waals surface area contributed by atoms with Crippen molar-refractivity contribution in [2.45, 2.75) is 19.4 Å². The highest BCUT2D eigenvalue weighted by Crippen LogP contribution is 2.31. The third kappa shape index (κ3) is 2.85. The van der Waals surface area contributed by atoms with E-state index in [1.165, 1.54) is 11.1 Å². The molecule has 1 N–H and O–H groups in total. The Kier molecular flexibility index (Phi) is 3.34. The van der Waals surface area contributed by atoms with Crippen LogP contribution in [0.5, 0.6) is 5.75 Å². The number of halogens is 1. The molecule has 3 heteroatoms. The van der Waals surface area contributed by atoms with E-state index < -0.39 is 0 Å². The first-order valence-corrected chi connectivity index (χ1v) is 6.84. The Hall–Kier alpha value is -1.67. The summed E-state index contributed by atoms with van der Waals surface area (Å²) in [5.74, 6) is 0.959. The monoisotopic (exact) mass is 273 g/mol. The molecular weight excluding hydrogens is 258 g/mol. The van der Waals surface area contributed by atoms with Gasteiger partial charge >= 0.3 is 0 Å². The van der Waals surface area contributed by atoms with Crippen LogP contribution in [0.2, 0.25) is 5.02 Å². The van der Waals surface area contributed by atoms with Crippen molar-refractivity contribution in [3.63, 3.8) is 0 Å². The molecule has 1 aliphatic heterocycles. The SMILES string of the molecule is Cc1cccc(NCC2Cc3cc(Cl)ccc3O2)c1. The normalized spacial score (nSPS) is 16.8. The molecule has 1 unspecified atom stereocenters. The Labute approximate surface area is 118 Å². The van der Waals surface area contributed by atoms with Gasteiger partial charge in [0.05, 0.1) is 6.54 Å². The van der Waals surface area contributed by atoms with E-state index in [-0.39, 0.29) is 6.10 Å². The van der Waals surface area contributed by atoms with E-state index >= 15 is 0 Å². The maximum atomic E-state index is 5.99. The molecule has 0 radical (unpaired) electrons. The number of aryl methyl sites for hydroxylation is 1. The number of ether oxygens (including phenoxy) is 1. The highest BCUT2D eigenvalue weighted by atomic mass is 35.5. The molecule has 1 heterocycles. The second-order valence-corrected chi connectivity index (χ2v) is 5.38. The lowest BCUT2D eigenvalue weighted by Crippen LogP contribution is -2.23. The Bertz CT molecular complexity index is 597. The Morgan fingerprint density at radius 2 is 2.16 bits per heavy atom. The number of benzene rings is 2. The molecule has 0 aliphatic carbocycles. The summed E-state index contributed by atoms with van der Waals surface area (Å²) in [6.07, 6.45) is 1.09. The second-order valence-electron chi connectivity index (χ2n) is 4.95. The lowest BCUT2D eigenvalue weighted by atomic mass is 10.1. The fourth-order valence-electron chi connectivity index (χ4n) is 2.39. The van der Waals surface area contributed by atoms with Gasteiger partial charge in [-0.3, -0.25) is 0 Å². The van der Waals surface area contributed by atoms with E-state index in [1.54, 1.807) is 0 Å². The summed E-state index contributed by atoms with van der Waals surface area (Å²) in [6, 6.07) is 14.2. The summed E-state index contributed by atoms with van der Waals surface area (Å²) in [6.45, 7) is 2.89. The van der Waals surface area contributed by atoms with E-state index in [2.05, 4.69) is 36.5 Å². The van der Waals surface area contributed by atoms with Crippen LogP contribution in [-0.2, 0) is 6.42 Å². The van der Waals surface area contributed by atoms with Crippen molar-refractivity contribution in [2.24, 2.45) is 0 Å². The lowest BCUT2D eigenvalue weighted by Gasteiger charge is -2.13. The van der Waals surface area contributed by atoms with Gasteiger partial charge in [0.1, 0.15) is 11.9 Å². The third-order valence-electron chi connectivity index (χ3n) is 3.32. The molecule has 2 aromatic rings. The van der Waals surface area contributed by atoms with Gasteiger partial charge in [0.15, 0.2) is 0 Å². The zero-order valence-corrected chi connectivity index (χ0v) is 11.6. The maximum absolute atomic E-state index is 5.99. The molecule has 0 bridgehead atoms. The molecule has 0 fully saturated rings. The number of hydrogen-bond donors (Lipinski definition) is 1. The first-order chi connectivity index (χ1) is 9.20. The molecule has 0 amide bonds. The molecule has 1 atom stereocenters. The van der Waals surface area contributed by atoms with Crippen LogP contribution in [0.4, 0.5) is 5.69 Å². The van der Waals surface area contributed by atoms with Crippen molar-refractivity contribution in [1.82, 2.24) is 0 Å². The van der Waals surface area contributed by atoms with Gasteiger partial charge in [0.2, 0.25) is 0 Å². The summed E-state index contributed by atoms with van der Waals surface area (Å²) >= 11 is 5.99. The van der Waals surface area contributed by atoms with E-state index in [0.29, 0.717) is 0 Å². The van der Waals surface area contributed by atoms with E-state index in [4.69, 9.17) is 16.3 Å². The average molecular weight is 274 g/mol. The van der Waals surface area contributed by atoms with Crippen LogP contribution in [0, 0.1) is 6.92 Å². The number of nitrogens with one attached hydrogen (secondary N) is 1. The Morgan fingerprint density at radius 3 is 3.00 bits per heavy atom. The predicted octanol–water partition coefficient (Wildman–Crippen LogP) is 4.06. The van der Waals surface area contributed by atoms with Crippen LogP contribution in [0.15, 0.2) is 42.5 Å². The molecule has 0 saturated carbocycles. The standard InChI is InChI=1S/C16H16ClNO/c1-11-3-2-4-14(7-11)18-10-15-9-12-8-13(17)5-6-16(12)19-15/h2-8,15,18H,9-10H2,1H3. The van der Waals surface area contributed by atoms with Crippen LogP contribution >= 0.6 is 11.6 Å². The molecular formula is C16H16ClNO. The van der Waals surface area contributed by atoms with Gasteiger partial charge in [0.25, 0.3) is 0 Å². The zero-order chi connectivity index (χ0) is 13.2. The minimum absolute atomic E-state index is 0.175. The van der Waals surface area contributed by atoms with Gasteiger partial charge in [-0.25, -0.2) is 0 Å². The molecule has 0 aromatic heterocycles. The maximum Gasteiger partial charge on any atom is 0.123 e. The highest BCUT2D eigenvalue weighted by Gasteiger charge is 2.22. The smallest absolute Gasteiger partial charge is 0.123 e. The van der Waals surface area contributed by atoms with Crippen molar-refractivity contribution in [2.75, 3.05) is 11.9 Å². The van der Waals surface area contributed by atoms with Gasteiger partial charge < -0.3 is 10.1 Å². The number of rotatable bonds is 3. The summed E-state index contributed by atoms with van der Waals surface area (Å²) < 4.78 is 5.89. The minimum atomic E-state index is 0.175.